The van der Waals surface area contributed by atoms with Crippen LogP contribution in [0.4, 0.5) is 10.5 Å². The summed E-state index contributed by atoms with van der Waals surface area (Å²) in [5.41, 5.74) is 0.817. The second kappa shape index (κ2) is 5.76. The molecule has 2 N–H and O–H groups in total. The van der Waals surface area contributed by atoms with Crippen molar-refractivity contribution in [3.63, 3.8) is 0 Å². The van der Waals surface area contributed by atoms with E-state index in [1.54, 1.807) is 0 Å². The first-order valence-electron chi connectivity index (χ1n) is 7.45. The zero-order valence-electron chi connectivity index (χ0n) is 11.7. The number of carbonyl (C=O) groups excluding carboxylic acids is 1. The third-order valence-corrected chi connectivity index (χ3v) is 5.37. The summed E-state index contributed by atoms with van der Waals surface area (Å²) in [6.07, 6.45) is 5.43. The fourth-order valence-corrected chi connectivity index (χ4v) is 4.35. The Morgan fingerprint density at radius 1 is 1.35 bits per heavy atom. The van der Waals surface area contributed by atoms with E-state index in [0.29, 0.717) is 5.92 Å². The molecule has 0 aromatic heterocycles. The summed E-state index contributed by atoms with van der Waals surface area (Å²) in [6, 6.07) is 7.82. The number of fused-ring (bicyclic) bond motifs is 2. The molecule has 108 valence electrons. The first-order valence-corrected chi connectivity index (χ1v) is 8.24. The van der Waals surface area contributed by atoms with Gasteiger partial charge in [-0.2, -0.15) is 0 Å². The minimum absolute atomic E-state index is 0.0987. The summed E-state index contributed by atoms with van der Waals surface area (Å²) in [4.78, 5) is 12.1. The van der Waals surface area contributed by atoms with Gasteiger partial charge in [-0.15, -0.1) is 0 Å². The van der Waals surface area contributed by atoms with E-state index in [1.165, 1.54) is 25.7 Å². The lowest BCUT2D eigenvalue weighted by Gasteiger charge is -2.28. The molecule has 2 amide bonds. The van der Waals surface area contributed by atoms with Gasteiger partial charge in [-0.25, -0.2) is 4.79 Å². The second-order valence-electron chi connectivity index (χ2n) is 6.24. The van der Waals surface area contributed by atoms with Crippen LogP contribution in [0, 0.1) is 17.8 Å². The van der Waals surface area contributed by atoms with Crippen LogP contribution in [-0.2, 0) is 0 Å². The van der Waals surface area contributed by atoms with E-state index in [9.17, 15) is 4.79 Å². The van der Waals surface area contributed by atoms with E-state index >= 15 is 0 Å². The molecule has 3 nitrogen and oxygen atoms in total. The van der Waals surface area contributed by atoms with Crippen LogP contribution in [0.2, 0.25) is 0 Å². The summed E-state index contributed by atoms with van der Waals surface area (Å²) in [5.74, 6) is 2.42. The monoisotopic (exact) mass is 336 g/mol. The Morgan fingerprint density at radius 2 is 2.20 bits per heavy atom. The molecule has 2 fully saturated rings. The normalized spacial score (nSPS) is 29.2. The highest BCUT2D eigenvalue weighted by atomic mass is 79.9. The number of nitrogens with one attached hydrogen (secondary N) is 2. The van der Waals surface area contributed by atoms with E-state index in [1.807, 2.05) is 24.3 Å². The fraction of sp³-hybridized carbons (Fsp3) is 0.562. The van der Waals surface area contributed by atoms with Crippen LogP contribution in [0.5, 0.6) is 0 Å². The Kier molecular flexibility index (Phi) is 4.01. The number of halogens is 1. The summed E-state index contributed by atoms with van der Waals surface area (Å²) >= 11 is 3.41. The zero-order chi connectivity index (χ0) is 14.1. The Morgan fingerprint density at radius 3 is 2.85 bits per heavy atom. The molecule has 20 heavy (non-hydrogen) atoms. The van der Waals surface area contributed by atoms with Crippen LogP contribution in [0.25, 0.3) is 0 Å². The Hall–Kier alpha value is -1.03. The molecule has 2 saturated carbocycles. The third kappa shape index (κ3) is 3.00. The summed E-state index contributed by atoms with van der Waals surface area (Å²) in [5, 5.41) is 6.01. The van der Waals surface area contributed by atoms with Gasteiger partial charge in [-0.05, 0) is 62.1 Å². The largest absolute Gasteiger partial charge is 0.335 e. The number of hydrogen-bond donors (Lipinski definition) is 2. The Bertz CT molecular complexity index is 505. The highest BCUT2D eigenvalue weighted by Gasteiger charge is 2.42. The van der Waals surface area contributed by atoms with E-state index < -0.39 is 0 Å². The molecule has 2 aliphatic carbocycles. The van der Waals surface area contributed by atoms with Gasteiger partial charge in [0.25, 0.3) is 0 Å². The molecule has 2 bridgehead atoms. The molecule has 1 aromatic rings. The van der Waals surface area contributed by atoms with Gasteiger partial charge in [-0.3, -0.25) is 0 Å². The van der Waals surface area contributed by atoms with Crippen LogP contribution in [0.3, 0.4) is 0 Å². The zero-order valence-corrected chi connectivity index (χ0v) is 13.3. The molecular weight excluding hydrogens is 316 g/mol. The van der Waals surface area contributed by atoms with Gasteiger partial charge in [-0.1, -0.05) is 28.4 Å². The molecule has 2 aliphatic rings. The fourth-order valence-electron chi connectivity index (χ4n) is 3.95. The van der Waals surface area contributed by atoms with Crippen molar-refractivity contribution in [2.45, 2.75) is 38.6 Å². The van der Waals surface area contributed by atoms with Gasteiger partial charge in [0.1, 0.15) is 0 Å². The molecule has 0 saturated heterocycles. The lowest BCUT2D eigenvalue weighted by molar-refractivity contribution is 0.230. The van der Waals surface area contributed by atoms with Crippen molar-refractivity contribution in [1.29, 1.82) is 0 Å². The van der Waals surface area contributed by atoms with Gasteiger partial charge in [0, 0.05) is 16.2 Å². The van der Waals surface area contributed by atoms with Crippen LogP contribution < -0.4 is 10.6 Å². The summed E-state index contributed by atoms with van der Waals surface area (Å²) in [6.45, 7) is 2.14. The van der Waals surface area contributed by atoms with E-state index in [-0.39, 0.29) is 12.1 Å². The number of benzene rings is 1. The third-order valence-electron chi connectivity index (χ3n) is 4.88. The van der Waals surface area contributed by atoms with Crippen molar-refractivity contribution >= 4 is 27.6 Å². The topological polar surface area (TPSA) is 41.1 Å². The molecule has 0 spiro atoms. The van der Waals surface area contributed by atoms with Crippen molar-refractivity contribution in [1.82, 2.24) is 5.32 Å². The average Bonchev–Trinajstić information content (AvgIpc) is 3.00. The first-order chi connectivity index (χ1) is 9.61. The highest BCUT2D eigenvalue weighted by Crippen LogP contribution is 2.49. The van der Waals surface area contributed by atoms with Crippen LogP contribution >= 0.6 is 15.9 Å². The molecule has 0 aliphatic heterocycles. The number of rotatable bonds is 3. The SMILES string of the molecule is CC(NC(=O)Nc1cccc(Br)c1)C1CC2CCC1C2. The minimum Gasteiger partial charge on any atom is -0.335 e. The first kappa shape index (κ1) is 13.9. The van der Waals surface area contributed by atoms with Crippen LogP contribution in [0.1, 0.15) is 32.6 Å². The smallest absolute Gasteiger partial charge is 0.319 e. The molecule has 4 atom stereocenters. The average molecular weight is 337 g/mol. The van der Waals surface area contributed by atoms with Crippen LogP contribution in [-0.4, -0.2) is 12.1 Å². The van der Waals surface area contributed by atoms with Gasteiger partial charge in [0.05, 0.1) is 0 Å². The minimum atomic E-state index is -0.0987. The van der Waals surface area contributed by atoms with Gasteiger partial charge in [0.2, 0.25) is 0 Å². The maximum atomic E-state index is 12.1. The maximum Gasteiger partial charge on any atom is 0.319 e. The second-order valence-corrected chi connectivity index (χ2v) is 7.15. The predicted molar refractivity (Wildman–Crippen MR) is 84.7 cm³/mol. The molecule has 4 unspecified atom stereocenters. The van der Waals surface area contributed by atoms with E-state index in [4.69, 9.17) is 0 Å². The molecule has 3 rings (SSSR count). The quantitative estimate of drug-likeness (QED) is 0.844. The Balaban J connectivity index is 1.53. The molecule has 0 heterocycles. The van der Waals surface area contributed by atoms with Crippen molar-refractivity contribution in [3.8, 4) is 0 Å². The number of amides is 2. The maximum absolute atomic E-state index is 12.1. The number of hydrogen-bond acceptors (Lipinski definition) is 1. The highest BCUT2D eigenvalue weighted by molar-refractivity contribution is 9.10. The summed E-state index contributed by atoms with van der Waals surface area (Å²) < 4.78 is 0.969. The Labute approximate surface area is 128 Å². The number of carbonyl (C=O) groups is 1. The van der Waals surface area contributed by atoms with Crippen molar-refractivity contribution in [2.75, 3.05) is 5.32 Å². The predicted octanol–water partition coefficient (Wildman–Crippen LogP) is 4.40. The van der Waals surface area contributed by atoms with Crippen molar-refractivity contribution in [3.05, 3.63) is 28.7 Å². The van der Waals surface area contributed by atoms with Gasteiger partial charge < -0.3 is 10.6 Å². The van der Waals surface area contributed by atoms with Gasteiger partial charge in [0.15, 0.2) is 0 Å². The summed E-state index contributed by atoms with van der Waals surface area (Å²) in [7, 11) is 0. The molecule has 1 aromatic carbocycles. The molecule has 4 heteroatoms. The van der Waals surface area contributed by atoms with E-state index in [2.05, 4.69) is 33.5 Å². The standard InChI is InChI=1S/C16H21BrN2O/c1-10(15-8-11-5-6-12(15)7-11)18-16(20)19-14-4-2-3-13(17)9-14/h2-4,9-12,15H,5-8H2,1H3,(H2,18,19,20). The van der Waals surface area contributed by atoms with Crippen LogP contribution in [0.15, 0.2) is 28.7 Å². The van der Waals surface area contributed by atoms with E-state index in [0.717, 1.165) is 22.0 Å². The lowest BCUT2D eigenvalue weighted by Crippen LogP contribution is -2.42. The van der Waals surface area contributed by atoms with Crippen molar-refractivity contribution in [2.24, 2.45) is 17.8 Å². The molecule has 0 radical (unpaired) electrons. The van der Waals surface area contributed by atoms with Gasteiger partial charge >= 0.3 is 6.03 Å². The lowest BCUT2D eigenvalue weighted by atomic mass is 9.84. The van der Waals surface area contributed by atoms with Crippen molar-refractivity contribution < 1.29 is 4.79 Å². The number of urea groups is 1. The molecular formula is C16H21BrN2O. The number of anilines is 1.